The topological polar surface area (TPSA) is 92.3 Å². The van der Waals surface area contributed by atoms with Gasteiger partial charge in [-0.25, -0.2) is 0 Å². The number of carbonyl (C=O) groups is 1. The van der Waals surface area contributed by atoms with E-state index in [4.69, 9.17) is 25.8 Å². The Bertz CT molecular complexity index is 718. The summed E-state index contributed by atoms with van der Waals surface area (Å²) in [6.07, 6.45) is 1.42. The maximum absolute atomic E-state index is 12.8. The summed E-state index contributed by atoms with van der Waals surface area (Å²) in [7, 11) is 3.43. The molecule has 8 nitrogen and oxygen atoms in total. The Morgan fingerprint density at radius 2 is 2.14 bits per heavy atom. The molecule has 1 aromatic rings. The molecular weight excluding hydrogens is 398 g/mol. The molecule has 0 aliphatic carbocycles. The molecule has 29 heavy (non-hydrogen) atoms. The SMILES string of the molecule is CNCCCN1CCC(CNC(=O)c2cc(Cl)c(OC)c3c2OCCO3)C(O)C1. The van der Waals surface area contributed by atoms with Crippen molar-refractivity contribution in [2.75, 3.05) is 60.1 Å². The summed E-state index contributed by atoms with van der Waals surface area (Å²) in [6, 6.07) is 1.53. The van der Waals surface area contributed by atoms with Crippen LogP contribution in [0.25, 0.3) is 0 Å². The number of aliphatic hydroxyl groups is 1. The molecule has 1 saturated heterocycles. The van der Waals surface area contributed by atoms with Gasteiger partial charge in [-0.1, -0.05) is 11.6 Å². The molecule has 0 radical (unpaired) electrons. The molecule has 1 amide bonds. The molecule has 2 heterocycles. The molecule has 0 bridgehead atoms. The average molecular weight is 428 g/mol. The summed E-state index contributed by atoms with van der Waals surface area (Å²) in [5.41, 5.74) is 0.310. The highest BCUT2D eigenvalue weighted by Gasteiger charge is 2.30. The third-order valence-electron chi connectivity index (χ3n) is 5.40. The van der Waals surface area contributed by atoms with Crippen LogP contribution in [0.3, 0.4) is 0 Å². The van der Waals surface area contributed by atoms with Crippen LogP contribution >= 0.6 is 11.6 Å². The van der Waals surface area contributed by atoms with Gasteiger partial charge in [-0.15, -0.1) is 0 Å². The standard InChI is InChI=1S/C20H30ClN3O5/c1-22-5-3-6-24-7-4-13(16(25)12-24)11-23-20(26)14-10-15(21)18(27-2)19-17(14)28-8-9-29-19/h10,13,16,22,25H,3-9,11-12H2,1-2H3,(H,23,26). The Labute approximate surface area is 176 Å². The van der Waals surface area contributed by atoms with E-state index in [9.17, 15) is 9.90 Å². The lowest BCUT2D eigenvalue weighted by Gasteiger charge is -2.36. The number of benzene rings is 1. The number of β-amino-alcohol motifs (C(OH)–C–C–N with tert-alkyl or cyclic N) is 1. The van der Waals surface area contributed by atoms with Crippen LogP contribution in [0.5, 0.6) is 17.2 Å². The van der Waals surface area contributed by atoms with E-state index in [-0.39, 0.29) is 16.8 Å². The lowest BCUT2D eigenvalue weighted by molar-refractivity contribution is 0.0218. The van der Waals surface area contributed by atoms with E-state index in [0.717, 1.165) is 32.5 Å². The molecular formula is C20H30ClN3O5. The van der Waals surface area contributed by atoms with Crippen molar-refractivity contribution in [3.8, 4) is 17.2 Å². The molecule has 2 atom stereocenters. The molecule has 1 fully saturated rings. The molecule has 3 rings (SSSR count). The molecule has 3 N–H and O–H groups in total. The van der Waals surface area contributed by atoms with Crippen LogP contribution in [-0.4, -0.2) is 82.1 Å². The van der Waals surface area contributed by atoms with Crippen LogP contribution in [0.4, 0.5) is 0 Å². The number of fused-ring (bicyclic) bond motifs is 1. The molecule has 0 saturated carbocycles. The van der Waals surface area contributed by atoms with Crippen molar-refractivity contribution < 1.29 is 24.1 Å². The highest BCUT2D eigenvalue weighted by Crippen LogP contribution is 2.46. The highest BCUT2D eigenvalue weighted by atomic mass is 35.5. The Morgan fingerprint density at radius 1 is 1.38 bits per heavy atom. The second-order valence-corrected chi connectivity index (χ2v) is 7.79. The maximum atomic E-state index is 12.8. The molecule has 162 valence electrons. The fourth-order valence-corrected chi connectivity index (χ4v) is 4.07. The first kappa shape index (κ1) is 22.0. The van der Waals surface area contributed by atoms with Gasteiger partial charge >= 0.3 is 0 Å². The highest BCUT2D eigenvalue weighted by molar-refractivity contribution is 6.33. The summed E-state index contributed by atoms with van der Waals surface area (Å²) in [4.78, 5) is 15.1. The van der Waals surface area contributed by atoms with Crippen LogP contribution in [0.2, 0.25) is 5.02 Å². The van der Waals surface area contributed by atoms with Crippen molar-refractivity contribution >= 4 is 17.5 Å². The number of halogens is 1. The number of likely N-dealkylation sites (tertiary alicyclic amines) is 1. The fraction of sp³-hybridized carbons (Fsp3) is 0.650. The number of nitrogens with one attached hydrogen (secondary N) is 2. The third kappa shape index (κ3) is 5.25. The number of rotatable bonds is 8. The lowest BCUT2D eigenvalue weighted by Crippen LogP contribution is -2.48. The van der Waals surface area contributed by atoms with Gasteiger partial charge in [0.2, 0.25) is 5.75 Å². The van der Waals surface area contributed by atoms with Gasteiger partial charge < -0.3 is 34.9 Å². The van der Waals surface area contributed by atoms with E-state index < -0.39 is 6.10 Å². The van der Waals surface area contributed by atoms with Gasteiger partial charge in [0, 0.05) is 19.0 Å². The van der Waals surface area contributed by atoms with Crippen LogP contribution in [-0.2, 0) is 0 Å². The van der Waals surface area contributed by atoms with Gasteiger partial charge in [-0.3, -0.25) is 4.79 Å². The Kier molecular flexibility index (Phi) is 7.83. The van der Waals surface area contributed by atoms with E-state index in [1.54, 1.807) is 0 Å². The smallest absolute Gasteiger partial charge is 0.255 e. The second-order valence-electron chi connectivity index (χ2n) is 7.38. The van der Waals surface area contributed by atoms with E-state index in [1.165, 1.54) is 13.2 Å². The van der Waals surface area contributed by atoms with E-state index in [2.05, 4.69) is 15.5 Å². The molecule has 2 aliphatic rings. The van der Waals surface area contributed by atoms with Crippen molar-refractivity contribution in [1.82, 2.24) is 15.5 Å². The Morgan fingerprint density at radius 3 is 2.83 bits per heavy atom. The largest absolute Gasteiger partial charge is 0.491 e. The summed E-state index contributed by atoms with van der Waals surface area (Å²) in [6.45, 7) is 4.58. The van der Waals surface area contributed by atoms with Crippen LogP contribution in [0, 0.1) is 5.92 Å². The van der Waals surface area contributed by atoms with Gasteiger partial charge in [0.15, 0.2) is 11.5 Å². The van der Waals surface area contributed by atoms with Gasteiger partial charge in [0.05, 0.1) is 23.8 Å². The number of nitrogens with zero attached hydrogens (tertiary/aromatic N) is 1. The predicted molar refractivity (Wildman–Crippen MR) is 110 cm³/mol. The zero-order valence-corrected chi connectivity index (χ0v) is 17.8. The van der Waals surface area contributed by atoms with E-state index >= 15 is 0 Å². The molecule has 2 aliphatic heterocycles. The number of piperidine rings is 1. The van der Waals surface area contributed by atoms with Crippen LogP contribution < -0.4 is 24.8 Å². The Hall–Kier alpha value is -1.74. The average Bonchev–Trinajstić information content (AvgIpc) is 2.72. The van der Waals surface area contributed by atoms with Crippen molar-refractivity contribution in [1.29, 1.82) is 0 Å². The minimum atomic E-state index is -0.466. The number of hydrogen-bond donors (Lipinski definition) is 3. The van der Waals surface area contributed by atoms with E-state index in [1.807, 2.05) is 7.05 Å². The number of hydrogen-bond acceptors (Lipinski definition) is 7. The van der Waals surface area contributed by atoms with E-state index in [0.29, 0.717) is 49.1 Å². The minimum absolute atomic E-state index is 0.0150. The van der Waals surface area contributed by atoms with Gasteiger partial charge in [-0.2, -0.15) is 0 Å². The molecule has 9 heteroatoms. The molecule has 0 aromatic heterocycles. The maximum Gasteiger partial charge on any atom is 0.255 e. The number of carbonyl (C=O) groups excluding carboxylic acids is 1. The van der Waals surface area contributed by atoms with Gasteiger partial charge in [0.25, 0.3) is 5.91 Å². The molecule has 1 aromatic carbocycles. The first-order valence-corrected chi connectivity index (χ1v) is 10.4. The fourth-order valence-electron chi connectivity index (χ4n) is 3.80. The molecule has 2 unspecified atom stereocenters. The second kappa shape index (κ2) is 10.3. The quantitative estimate of drug-likeness (QED) is 0.536. The minimum Gasteiger partial charge on any atom is -0.491 e. The van der Waals surface area contributed by atoms with Crippen molar-refractivity contribution in [3.63, 3.8) is 0 Å². The summed E-state index contributed by atoms with van der Waals surface area (Å²) in [5, 5.41) is 16.8. The van der Waals surface area contributed by atoms with Crippen LogP contribution in [0.1, 0.15) is 23.2 Å². The number of amides is 1. The molecule has 0 spiro atoms. The monoisotopic (exact) mass is 427 g/mol. The van der Waals surface area contributed by atoms with Crippen molar-refractivity contribution in [2.24, 2.45) is 5.92 Å². The summed E-state index contributed by atoms with van der Waals surface area (Å²) in [5.74, 6) is 0.765. The van der Waals surface area contributed by atoms with Crippen molar-refractivity contribution in [3.05, 3.63) is 16.7 Å². The lowest BCUT2D eigenvalue weighted by atomic mass is 9.93. The zero-order valence-electron chi connectivity index (χ0n) is 17.0. The van der Waals surface area contributed by atoms with Gasteiger partial charge in [-0.05, 0) is 45.6 Å². The number of methoxy groups -OCH3 is 1. The first-order chi connectivity index (χ1) is 14.0. The number of aliphatic hydroxyl groups excluding tert-OH is 1. The predicted octanol–water partition coefficient (Wildman–Crippen LogP) is 1.14. The summed E-state index contributed by atoms with van der Waals surface area (Å²) >= 11 is 6.26. The zero-order chi connectivity index (χ0) is 20.8. The number of ether oxygens (including phenoxy) is 3. The Balaban J connectivity index is 1.60. The van der Waals surface area contributed by atoms with Crippen LogP contribution in [0.15, 0.2) is 6.07 Å². The van der Waals surface area contributed by atoms with Gasteiger partial charge in [0.1, 0.15) is 13.2 Å². The van der Waals surface area contributed by atoms with Crippen molar-refractivity contribution in [2.45, 2.75) is 18.9 Å². The first-order valence-electron chi connectivity index (χ1n) is 10.0. The third-order valence-corrected chi connectivity index (χ3v) is 5.68. The summed E-state index contributed by atoms with van der Waals surface area (Å²) < 4.78 is 16.6. The normalized spacial score (nSPS) is 21.7.